The second-order valence-corrected chi connectivity index (χ2v) is 6.43. The number of nitrogens with one attached hydrogen (secondary N) is 2. The quantitative estimate of drug-likeness (QED) is 0.889. The lowest BCUT2D eigenvalue weighted by Gasteiger charge is -2.26. The van der Waals surface area contributed by atoms with Crippen LogP contribution in [0.5, 0.6) is 0 Å². The van der Waals surface area contributed by atoms with E-state index in [1.807, 2.05) is 6.07 Å². The lowest BCUT2D eigenvalue weighted by atomic mass is 10.1. The van der Waals surface area contributed by atoms with Gasteiger partial charge in [0.15, 0.2) is 11.6 Å². The van der Waals surface area contributed by atoms with Crippen molar-refractivity contribution in [1.29, 1.82) is 5.26 Å². The molecule has 2 atom stereocenters. The van der Waals surface area contributed by atoms with Crippen molar-refractivity contribution < 1.29 is 13.9 Å². The van der Waals surface area contributed by atoms with Crippen LogP contribution in [0.3, 0.4) is 0 Å². The van der Waals surface area contributed by atoms with E-state index in [0.717, 1.165) is 6.07 Å². The Bertz CT molecular complexity index is 620. The summed E-state index contributed by atoms with van der Waals surface area (Å²) in [5.74, 6) is -0.560. The number of carbonyl (C=O) groups is 1. The SMILES string of the molecule is Cc1nc(NC(C)[C@H](C)NC(=O)OC(C)(C)C)c(F)cc1C#N. The number of carbonyl (C=O) groups excluding carboxylic acids is 1. The van der Waals surface area contributed by atoms with E-state index in [4.69, 9.17) is 10.00 Å². The summed E-state index contributed by atoms with van der Waals surface area (Å²) in [6.07, 6.45) is -0.539. The first kappa shape index (κ1) is 18.7. The molecule has 1 heterocycles. The van der Waals surface area contributed by atoms with Crippen LogP contribution in [0.1, 0.15) is 45.9 Å². The normalized spacial score (nSPS) is 13.7. The van der Waals surface area contributed by atoms with Crippen LogP contribution in [0.25, 0.3) is 0 Å². The Kier molecular flexibility index (Phi) is 5.91. The highest BCUT2D eigenvalue weighted by Crippen LogP contribution is 2.17. The Morgan fingerprint density at radius 1 is 1.39 bits per heavy atom. The molecule has 0 spiro atoms. The molecule has 1 unspecified atom stereocenters. The Morgan fingerprint density at radius 2 is 2.00 bits per heavy atom. The zero-order valence-electron chi connectivity index (χ0n) is 14.3. The van der Waals surface area contributed by atoms with Crippen LogP contribution >= 0.6 is 0 Å². The van der Waals surface area contributed by atoms with Gasteiger partial charge in [-0.15, -0.1) is 0 Å². The van der Waals surface area contributed by atoms with Gasteiger partial charge in [-0.05, 0) is 47.6 Å². The molecule has 23 heavy (non-hydrogen) atoms. The number of anilines is 1. The molecule has 1 aromatic rings. The second-order valence-electron chi connectivity index (χ2n) is 6.43. The van der Waals surface area contributed by atoms with E-state index in [2.05, 4.69) is 15.6 Å². The summed E-state index contributed by atoms with van der Waals surface area (Å²) in [6, 6.07) is 2.41. The van der Waals surface area contributed by atoms with E-state index in [9.17, 15) is 9.18 Å². The van der Waals surface area contributed by atoms with E-state index in [-0.39, 0.29) is 23.5 Å². The number of ether oxygens (including phenoxy) is 1. The van der Waals surface area contributed by atoms with Gasteiger partial charge in [-0.25, -0.2) is 14.2 Å². The minimum Gasteiger partial charge on any atom is -0.444 e. The number of nitriles is 1. The molecule has 1 rings (SSSR count). The molecule has 0 aromatic carbocycles. The van der Waals surface area contributed by atoms with E-state index < -0.39 is 17.5 Å². The lowest BCUT2D eigenvalue weighted by molar-refractivity contribution is 0.0504. The summed E-state index contributed by atoms with van der Waals surface area (Å²) in [5.41, 5.74) is 0.0511. The highest BCUT2D eigenvalue weighted by molar-refractivity contribution is 5.68. The minimum absolute atomic E-state index is 0.0480. The fraction of sp³-hybridized carbons (Fsp3) is 0.562. The molecule has 2 N–H and O–H groups in total. The zero-order chi connectivity index (χ0) is 17.8. The Morgan fingerprint density at radius 3 is 2.52 bits per heavy atom. The average Bonchev–Trinajstić information content (AvgIpc) is 2.39. The first-order valence-corrected chi connectivity index (χ1v) is 7.36. The van der Waals surface area contributed by atoms with Crippen molar-refractivity contribution in [1.82, 2.24) is 10.3 Å². The van der Waals surface area contributed by atoms with Gasteiger partial charge in [0.05, 0.1) is 11.3 Å². The van der Waals surface area contributed by atoms with Gasteiger partial charge in [-0.3, -0.25) is 0 Å². The van der Waals surface area contributed by atoms with Crippen molar-refractivity contribution in [3.05, 3.63) is 23.1 Å². The summed E-state index contributed by atoms with van der Waals surface area (Å²) in [5, 5.41) is 14.4. The molecule has 0 saturated carbocycles. The van der Waals surface area contributed by atoms with Gasteiger partial charge in [-0.2, -0.15) is 5.26 Å². The third-order valence-electron chi connectivity index (χ3n) is 3.15. The van der Waals surface area contributed by atoms with Crippen molar-refractivity contribution in [2.45, 2.75) is 59.2 Å². The third kappa shape index (κ3) is 5.74. The van der Waals surface area contributed by atoms with Crippen LogP contribution in [-0.2, 0) is 4.74 Å². The first-order chi connectivity index (χ1) is 10.5. The number of nitrogens with zero attached hydrogens (tertiary/aromatic N) is 2. The van der Waals surface area contributed by atoms with Crippen LogP contribution in [0.4, 0.5) is 15.0 Å². The molecule has 0 radical (unpaired) electrons. The van der Waals surface area contributed by atoms with Crippen LogP contribution in [0.15, 0.2) is 6.07 Å². The topological polar surface area (TPSA) is 87.0 Å². The minimum atomic E-state index is -0.608. The Labute approximate surface area is 136 Å². The van der Waals surface area contributed by atoms with E-state index in [0.29, 0.717) is 5.69 Å². The van der Waals surface area contributed by atoms with Gasteiger partial charge >= 0.3 is 6.09 Å². The van der Waals surface area contributed by atoms with Crippen molar-refractivity contribution in [3.8, 4) is 6.07 Å². The largest absolute Gasteiger partial charge is 0.444 e. The van der Waals surface area contributed by atoms with Gasteiger partial charge < -0.3 is 15.4 Å². The number of alkyl carbamates (subject to hydrolysis) is 1. The number of aromatic nitrogens is 1. The molecule has 1 amide bonds. The molecule has 0 aliphatic rings. The van der Waals surface area contributed by atoms with E-state index >= 15 is 0 Å². The number of rotatable bonds is 4. The van der Waals surface area contributed by atoms with Gasteiger partial charge in [0.1, 0.15) is 11.7 Å². The summed E-state index contributed by atoms with van der Waals surface area (Å²) in [4.78, 5) is 15.8. The number of aryl methyl sites for hydroxylation is 1. The van der Waals surface area contributed by atoms with Gasteiger partial charge in [0.25, 0.3) is 0 Å². The number of pyridine rings is 1. The molecular formula is C16H23FN4O2. The smallest absolute Gasteiger partial charge is 0.407 e. The van der Waals surface area contributed by atoms with Crippen LogP contribution in [0.2, 0.25) is 0 Å². The lowest BCUT2D eigenvalue weighted by Crippen LogP contribution is -2.45. The second kappa shape index (κ2) is 7.27. The van der Waals surface area contributed by atoms with Crippen LogP contribution in [-0.4, -0.2) is 28.8 Å². The highest BCUT2D eigenvalue weighted by Gasteiger charge is 2.21. The molecule has 126 valence electrons. The van der Waals surface area contributed by atoms with Crippen LogP contribution < -0.4 is 10.6 Å². The molecule has 0 bridgehead atoms. The summed E-state index contributed by atoms with van der Waals surface area (Å²) in [6.45, 7) is 10.5. The maximum Gasteiger partial charge on any atom is 0.407 e. The molecule has 6 nitrogen and oxygen atoms in total. The molecule has 0 fully saturated rings. The summed E-state index contributed by atoms with van der Waals surface area (Å²) < 4.78 is 19.1. The molecular weight excluding hydrogens is 299 g/mol. The van der Waals surface area contributed by atoms with Crippen LogP contribution in [0, 0.1) is 24.1 Å². The number of hydrogen-bond donors (Lipinski definition) is 2. The van der Waals surface area contributed by atoms with E-state index in [1.165, 1.54) is 0 Å². The molecule has 7 heteroatoms. The number of hydrogen-bond acceptors (Lipinski definition) is 5. The van der Waals surface area contributed by atoms with Gasteiger partial charge in [0.2, 0.25) is 0 Å². The standard InChI is InChI=1S/C16H23FN4O2/c1-9(10(2)21-15(22)23-16(4,5)6)19-14-13(17)7-12(8-18)11(3)20-14/h7,9-10H,1-6H3,(H,19,20)(H,21,22)/t9?,10-/m0/s1. The summed E-state index contributed by atoms with van der Waals surface area (Å²) in [7, 11) is 0. The monoisotopic (exact) mass is 322 g/mol. The maximum atomic E-state index is 13.9. The van der Waals surface area contributed by atoms with Gasteiger partial charge in [0, 0.05) is 12.1 Å². The first-order valence-electron chi connectivity index (χ1n) is 7.36. The average molecular weight is 322 g/mol. The predicted octanol–water partition coefficient (Wildman–Crippen LogP) is 3.11. The van der Waals surface area contributed by atoms with Crippen molar-refractivity contribution >= 4 is 11.9 Å². The van der Waals surface area contributed by atoms with Crippen molar-refractivity contribution in [2.75, 3.05) is 5.32 Å². The van der Waals surface area contributed by atoms with Crippen molar-refractivity contribution in [3.63, 3.8) is 0 Å². The molecule has 0 saturated heterocycles. The van der Waals surface area contributed by atoms with Gasteiger partial charge in [-0.1, -0.05) is 0 Å². The Balaban J connectivity index is 2.72. The zero-order valence-corrected chi connectivity index (χ0v) is 14.3. The van der Waals surface area contributed by atoms with Crippen molar-refractivity contribution in [2.24, 2.45) is 0 Å². The third-order valence-corrected chi connectivity index (χ3v) is 3.15. The summed E-state index contributed by atoms with van der Waals surface area (Å²) >= 11 is 0. The molecule has 0 aliphatic carbocycles. The van der Waals surface area contributed by atoms with E-state index in [1.54, 1.807) is 41.5 Å². The predicted molar refractivity (Wildman–Crippen MR) is 85.6 cm³/mol. The number of amides is 1. The highest BCUT2D eigenvalue weighted by atomic mass is 19.1. The number of halogens is 1. The molecule has 0 aliphatic heterocycles. The Hall–Kier alpha value is -2.36. The fourth-order valence-electron chi connectivity index (χ4n) is 1.75. The molecule has 1 aromatic heterocycles. The maximum absolute atomic E-state index is 13.9. The fourth-order valence-corrected chi connectivity index (χ4v) is 1.75.